The third-order valence-electron chi connectivity index (χ3n) is 5.53. The number of nitrogens with zero attached hydrogens (tertiary/aromatic N) is 4. The summed E-state index contributed by atoms with van der Waals surface area (Å²) in [4.78, 5) is 20.7. The highest BCUT2D eigenvalue weighted by Gasteiger charge is 2.36. The lowest BCUT2D eigenvalue weighted by Gasteiger charge is -2.36. The minimum absolute atomic E-state index is 0.0755. The maximum atomic E-state index is 12.8. The van der Waals surface area contributed by atoms with Crippen molar-refractivity contribution in [2.45, 2.75) is 50.7 Å². The summed E-state index contributed by atoms with van der Waals surface area (Å²) in [5.41, 5.74) is 1.31. The van der Waals surface area contributed by atoms with Crippen molar-refractivity contribution in [2.75, 3.05) is 26.3 Å². The smallest absolute Gasteiger partial charge is 0.223 e. The Morgan fingerprint density at radius 3 is 2.61 bits per heavy atom. The van der Waals surface area contributed by atoms with Crippen molar-refractivity contribution < 1.29 is 9.18 Å². The fraction of sp³-hybridized carbons (Fsp3) is 0.765. The molecule has 0 N–H and O–H groups in total. The lowest BCUT2D eigenvalue weighted by molar-refractivity contribution is -0.130. The molecule has 1 aromatic rings. The van der Waals surface area contributed by atoms with E-state index in [1.807, 2.05) is 17.4 Å². The summed E-state index contributed by atoms with van der Waals surface area (Å²) in [6, 6.07) is 0.980. The van der Waals surface area contributed by atoms with Crippen molar-refractivity contribution >= 4 is 5.91 Å². The lowest BCUT2D eigenvalue weighted by atomic mass is 10.0. The van der Waals surface area contributed by atoms with Crippen LogP contribution in [-0.4, -0.2) is 57.6 Å². The van der Waals surface area contributed by atoms with Gasteiger partial charge in [0.05, 0.1) is 18.7 Å². The van der Waals surface area contributed by atoms with Crippen LogP contribution in [0.1, 0.15) is 43.8 Å². The molecule has 1 amide bonds. The van der Waals surface area contributed by atoms with E-state index in [-0.39, 0.29) is 18.5 Å². The number of alkyl halides is 1. The van der Waals surface area contributed by atoms with E-state index < -0.39 is 0 Å². The van der Waals surface area contributed by atoms with Crippen LogP contribution < -0.4 is 0 Å². The molecule has 0 bridgehead atoms. The van der Waals surface area contributed by atoms with Crippen LogP contribution in [0.2, 0.25) is 0 Å². The Hall–Kier alpha value is -1.43. The number of amides is 1. The monoisotopic (exact) mass is 320 g/mol. The molecular formula is C17H25FN4O. The Kier molecular flexibility index (Phi) is 4.09. The van der Waals surface area contributed by atoms with Crippen LogP contribution >= 0.6 is 0 Å². The zero-order valence-electron chi connectivity index (χ0n) is 13.5. The number of hydrogen-bond donors (Lipinski definition) is 0. The third kappa shape index (κ3) is 3.13. The van der Waals surface area contributed by atoms with Gasteiger partial charge in [0.2, 0.25) is 5.91 Å². The third-order valence-corrected chi connectivity index (χ3v) is 5.53. The molecule has 1 aliphatic carbocycles. The number of piperidine rings is 1. The Morgan fingerprint density at radius 1 is 1.17 bits per heavy atom. The van der Waals surface area contributed by atoms with Gasteiger partial charge in [-0.15, -0.1) is 0 Å². The summed E-state index contributed by atoms with van der Waals surface area (Å²) in [6.07, 6.45) is 8.90. The molecule has 23 heavy (non-hydrogen) atoms. The van der Waals surface area contributed by atoms with Gasteiger partial charge in [-0.25, -0.2) is 4.98 Å². The molecule has 2 saturated heterocycles. The number of carbonyl (C=O) groups is 1. The SMILES string of the molecule is O=C1CC(CF)CN1C1CCN(Cc2cncn2C2CC2)CC1. The van der Waals surface area contributed by atoms with Crippen LogP contribution in [0.25, 0.3) is 0 Å². The average molecular weight is 320 g/mol. The molecule has 1 aromatic heterocycles. The topological polar surface area (TPSA) is 41.4 Å². The van der Waals surface area contributed by atoms with E-state index in [9.17, 15) is 9.18 Å². The average Bonchev–Trinajstić information content (AvgIpc) is 3.19. The molecule has 3 fully saturated rings. The Balaban J connectivity index is 1.31. The van der Waals surface area contributed by atoms with Gasteiger partial charge in [-0.3, -0.25) is 14.1 Å². The number of carbonyl (C=O) groups excluding carboxylic acids is 1. The van der Waals surface area contributed by atoms with Gasteiger partial charge in [0, 0.05) is 56.8 Å². The van der Waals surface area contributed by atoms with Crippen LogP contribution in [0.3, 0.4) is 0 Å². The first-order valence-electron chi connectivity index (χ1n) is 8.83. The van der Waals surface area contributed by atoms with Gasteiger partial charge >= 0.3 is 0 Å². The van der Waals surface area contributed by atoms with Gasteiger partial charge in [-0.1, -0.05) is 0 Å². The predicted octanol–water partition coefficient (Wildman–Crippen LogP) is 2.00. The zero-order chi connectivity index (χ0) is 15.8. The summed E-state index contributed by atoms with van der Waals surface area (Å²) in [5, 5.41) is 0. The standard InChI is InChI=1S/C17H25FN4O/c18-8-13-7-17(23)21(10-13)15-3-5-20(6-4-15)11-16-9-19-12-22(16)14-1-2-14/h9,12-15H,1-8,10-11H2. The second-order valence-corrected chi connectivity index (χ2v) is 7.30. The minimum atomic E-state index is -0.369. The molecule has 2 aliphatic heterocycles. The van der Waals surface area contributed by atoms with Crippen LogP contribution in [-0.2, 0) is 11.3 Å². The Bertz CT molecular complexity index is 563. The van der Waals surface area contributed by atoms with Gasteiger partial charge in [0.25, 0.3) is 0 Å². The molecule has 5 nitrogen and oxygen atoms in total. The van der Waals surface area contributed by atoms with Crippen molar-refractivity contribution in [3.63, 3.8) is 0 Å². The molecule has 1 unspecified atom stereocenters. The molecule has 3 aliphatic rings. The normalized spacial score (nSPS) is 27.1. The predicted molar refractivity (Wildman–Crippen MR) is 84.6 cm³/mol. The zero-order valence-corrected chi connectivity index (χ0v) is 13.5. The maximum absolute atomic E-state index is 12.8. The summed E-state index contributed by atoms with van der Waals surface area (Å²) >= 11 is 0. The summed E-state index contributed by atoms with van der Waals surface area (Å²) in [7, 11) is 0. The maximum Gasteiger partial charge on any atom is 0.223 e. The first-order valence-corrected chi connectivity index (χ1v) is 8.83. The van der Waals surface area contributed by atoms with E-state index >= 15 is 0 Å². The minimum Gasteiger partial charge on any atom is -0.339 e. The highest BCUT2D eigenvalue weighted by molar-refractivity contribution is 5.79. The number of aromatic nitrogens is 2. The molecule has 4 rings (SSSR count). The van der Waals surface area contributed by atoms with E-state index in [4.69, 9.17) is 0 Å². The van der Waals surface area contributed by atoms with E-state index in [1.165, 1.54) is 18.5 Å². The van der Waals surface area contributed by atoms with Gasteiger partial charge in [0.1, 0.15) is 0 Å². The van der Waals surface area contributed by atoms with Crippen LogP contribution in [0, 0.1) is 5.92 Å². The highest BCUT2D eigenvalue weighted by atomic mass is 19.1. The highest BCUT2D eigenvalue weighted by Crippen LogP contribution is 2.36. The fourth-order valence-electron chi connectivity index (χ4n) is 4.02. The van der Waals surface area contributed by atoms with E-state index in [1.54, 1.807) is 0 Å². The van der Waals surface area contributed by atoms with E-state index in [0.717, 1.165) is 32.5 Å². The molecule has 3 heterocycles. The molecule has 1 atom stereocenters. The van der Waals surface area contributed by atoms with Crippen LogP contribution in [0.15, 0.2) is 12.5 Å². The lowest BCUT2D eigenvalue weighted by Crippen LogP contribution is -2.45. The van der Waals surface area contributed by atoms with Gasteiger partial charge < -0.3 is 9.47 Å². The summed E-state index contributed by atoms with van der Waals surface area (Å²) in [6.45, 7) is 3.21. The summed E-state index contributed by atoms with van der Waals surface area (Å²) in [5.74, 6) is 0.0753. The Morgan fingerprint density at radius 2 is 1.96 bits per heavy atom. The molecule has 1 saturated carbocycles. The van der Waals surface area contributed by atoms with Gasteiger partial charge in [-0.2, -0.15) is 0 Å². The molecular weight excluding hydrogens is 295 g/mol. The van der Waals surface area contributed by atoms with Crippen molar-refractivity contribution in [1.29, 1.82) is 0 Å². The number of rotatable bonds is 5. The quantitative estimate of drug-likeness (QED) is 0.833. The molecule has 126 valence electrons. The number of likely N-dealkylation sites (tertiary alicyclic amines) is 2. The Labute approximate surface area is 136 Å². The van der Waals surface area contributed by atoms with Crippen molar-refractivity contribution in [2.24, 2.45) is 5.92 Å². The molecule has 0 spiro atoms. The van der Waals surface area contributed by atoms with Crippen LogP contribution in [0.5, 0.6) is 0 Å². The summed E-state index contributed by atoms with van der Waals surface area (Å²) < 4.78 is 15.1. The van der Waals surface area contributed by atoms with Crippen molar-refractivity contribution in [3.8, 4) is 0 Å². The van der Waals surface area contributed by atoms with Gasteiger partial charge in [-0.05, 0) is 25.7 Å². The molecule has 6 heteroatoms. The molecule has 0 radical (unpaired) electrons. The van der Waals surface area contributed by atoms with Gasteiger partial charge in [0.15, 0.2) is 0 Å². The van der Waals surface area contributed by atoms with E-state index in [0.29, 0.717) is 25.0 Å². The first-order chi connectivity index (χ1) is 11.2. The fourth-order valence-corrected chi connectivity index (χ4v) is 4.02. The number of halogens is 1. The second kappa shape index (κ2) is 6.23. The largest absolute Gasteiger partial charge is 0.339 e. The van der Waals surface area contributed by atoms with Crippen LogP contribution in [0.4, 0.5) is 4.39 Å². The van der Waals surface area contributed by atoms with Crippen molar-refractivity contribution in [1.82, 2.24) is 19.4 Å². The molecule has 0 aromatic carbocycles. The number of hydrogen-bond acceptors (Lipinski definition) is 3. The van der Waals surface area contributed by atoms with Crippen molar-refractivity contribution in [3.05, 3.63) is 18.2 Å². The first kappa shape index (κ1) is 15.1. The van der Waals surface area contributed by atoms with E-state index in [2.05, 4.69) is 14.5 Å². The number of imidazole rings is 1. The second-order valence-electron chi connectivity index (χ2n) is 7.30.